The summed E-state index contributed by atoms with van der Waals surface area (Å²) in [7, 11) is -2.15. The predicted molar refractivity (Wildman–Crippen MR) is 80.4 cm³/mol. The highest BCUT2D eigenvalue weighted by Gasteiger charge is 2.41. The molecule has 1 aromatic carbocycles. The van der Waals surface area contributed by atoms with Gasteiger partial charge in [0, 0.05) is 13.1 Å². The molecule has 2 fully saturated rings. The van der Waals surface area contributed by atoms with E-state index in [1.54, 1.807) is 12.1 Å². The maximum Gasteiger partial charge on any atom is 0.324 e. The average molecular weight is 339 g/mol. The molecule has 3 amide bonds. The molecular weight excluding hydrogens is 322 g/mol. The number of carbonyl (C=O) groups excluding carboxylic acids is 2. The Bertz CT molecular complexity index is 715. The van der Waals surface area contributed by atoms with Crippen LogP contribution in [0.25, 0.3) is 0 Å². The molecule has 0 saturated carbocycles. The SMILES string of the molecule is COc1ccc(S(=O)(=O)N2CCC(N3C(=O)CNC3=O)C2)cc1. The molecule has 2 aliphatic rings. The lowest BCUT2D eigenvalue weighted by molar-refractivity contribution is -0.126. The largest absolute Gasteiger partial charge is 0.497 e. The molecule has 8 nitrogen and oxygen atoms in total. The van der Waals surface area contributed by atoms with Gasteiger partial charge in [-0.2, -0.15) is 4.31 Å². The van der Waals surface area contributed by atoms with E-state index in [4.69, 9.17) is 4.74 Å². The van der Waals surface area contributed by atoms with Gasteiger partial charge in [0.15, 0.2) is 0 Å². The van der Waals surface area contributed by atoms with Gasteiger partial charge in [-0.05, 0) is 30.7 Å². The van der Waals surface area contributed by atoms with Crippen molar-refractivity contribution in [3.63, 3.8) is 0 Å². The third-order valence-corrected chi connectivity index (χ3v) is 5.95. The monoisotopic (exact) mass is 339 g/mol. The third kappa shape index (κ3) is 2.77. The molecule has 1 atom stereocenters. The molecule has 2 heterocycles. The highest BCUT2D eigenvalue weighted by molar-refractivity contribution is 7.89. The topological polar surface area (TPSA) is 96.0 Å². The van der Waals surface area contributed by atoms with Gasteiger partial charge in [0.1, 0.15) is 5.75 Å². The normalized spacial score (nSPS) is 22.5. The van der Waals surface area contributed by atoms with Crippen molar-refractivity contribution in [2.45, 2.75) is 17.4 Å². The molecule has 124 valence electrons. The third-order valence-electron chi connectivity index (χ3n) is 4.07. The Morgan fingerprint density at radius 3 is 2.48 bits per heavy atom. The van der Waals surface area contributed by atoms with E-state index in [1.807, 2.05) is 0 Å². The van der Waals surface area contributed by atoms with E-state index in [0.717, 1.165) is 4.90 Å². The van der Waals surface area contributed by atoms with Crippen LogP contribution in [0.15, 0.2) is 29.2 Å². The number of rotatable bonds is 4. The highest BCUT2D eigenvalue weighted by Crippen LogP contribution is 2.25. The molecule has 0 aliphatic carbocycles. The standard InChI is InChI=1S/C14H17N3O5S/c1-22-11-2-4-12(5-3-11)23(20,21)16-7-6-10(9-16)17-13(18)8-15-14(17)19/h2-5,10H,6-9H2,1H3,(H,15,19). The van der Waals surface area contributed by atoms with Gasteiger partial charge < -0.3 is 10.1 Å². The van der Waals surface area contributed by atoms with Crippen molar-refractivity contribution in [3.05, 3.63) is 24.3 Å². The fourth-order valence-corrected chi connectivity index (χ4v) is 4.33. The number of carbonyl (C=O) groups is 2. The van der Waals surface area contributed by atoms with E-state index >= 15 is 0 Å². The van der Waals surface area contributed by atoms with Crippen LogP contribution in [0.2, 0.25) is 0 Å². The quantitative estimate of drug-likeness (QED) is 0.780. The molecule has 1 N–H and O–H groups in total. The molecule has 3 rings (SSSR count). The summed E-state index contributed by atoms with van der Waals surface area (Å²) in [6, 6.07) is 5.25. The molecule has 0 spiro atoms. The maximum atomic E-state index is 12.6. The molecule has 1 aromatic rings. The molecular formula is C14H17N3O5S. The Hall–Kier alpha value is -2.13. The number of urea groups is 1. The summed E-state index contributed by atoms with van der Waals surface area (Å²) in [5, 5.41) is 2.45. The minimum absolute atomic E-state index is 0.0272. The lowest BCUT2D eigenvalue weighted by atomic mass is 10.2. The van der Waals surface area contributed by atoms with Gasteiger partial charge in [0.05, 0.1) is 24.6 Å². The number of nitrogens with zero attached hydrogens (tertiary/aromatic N) is 2. The number of nitrogens with one attached hydrogen (secondary N) is 1. The molecule has 1 unspecified atom stereocenters. The van der Waals surface area contributed by atoms with Gasteiger partial charge in [-0.25, -0.2) is 13.2 Å². The molecule has 9 heteroatoms. The van der Waals surface area contributed by atoms with E-state index in [0.29, 0.717) is 12.2 Å². The number of methoxy groups -OCH3 is 1. The number of imide groups is 1. The van der Waals surface area contributed by atoms with Crippen LogP contribution in [0.4, 0.5) is 4.79 Å². The van der Waals surface area contributed by atoms with E-state index in [1.165, 1.54) is 23.5 Å². The second kappa shape index (κ2) is 5.82. The number of hydrogen-bond acceptors (Lipinski definition) is 5. The van der Waals surface area contributed by atoms with E-state index in [9.17, 15) is 18.0 Å². The van der Waals surface area contributed by atoms with Crippen molar-refractivity contribution < 1.29 is 22.7 Å². The second-order valence-corrected chi connectivity index (χ2v) is 7.34. The van der Waals surface area contributed by atoms with Crippen LogP contribution in [-0.2, 0) is 14.8 Å². The van der Waals surface area contributed by atoms with Gasteiger partial charge in [-0.15, -0.1) is 0 Å². The first-order valence-electron chi connectivity index (χ1n) is 7.17. The first-order chi connectivity index (χ1) is 10.9. The van der Waals surface area contributed by atoms with E-state index in [-0.39, 0.29) is 30.4 Å². The summed E-state index contributed by atoms with van der Waals surface area (Å²) >= 11 is 0. The van der Waals surface area contributed by atoms with Crippen LogP contribution in [0.3, 0.4) is 0 Å². The molecule has 0 radical (unpaired) electrons. The number of amides is 3. The summed E-state index contributed by atoms with van der Waals surface area (Å²) in [5.74, 6) is 0.256. The Kier molecular flexibility index (Phi) is 3.99. The zero-order chi connectivity index (χ0) is 16.6. The van der Waals surface area contributed by atoms with Crippen molar-refractivity contribution in [2.75, 3.05) is 26.7 Å². The van der Waals surface area contributed by atoms with Gasteiger partial charge in [-0.3, -0.25) is 9.69 Å². The Morgan fingerprint density at radius 2 is 1.91 bits per heavy atom. The smallest absolute Gasteiger partial charge is 0.324 e. The first kappa shape index (κ1) is 15.8. The van der Waals surface area contributed by atoms with Gasteiger partial charge >= 0.3 is 6.03 Å². The molecule has 0 aromatic heterocycles. The van der Waals surface area contributed by atoms with Gasteiger partial charge in [0.25, 0.3) is 0 Å². The second-order valence-electron chi connectivity index (χ2n) is 5.40. The summed E-state index contributed by atoms with van der Waals surface area (Å²) in [5.41, 5.74) is 0. The van der Waals surface area contributed by atoms with Crippen molar-refractivity contribution in [1.82, 2.24) is 14.5 Å². The molecule has 2 saturated heterocycles. The number of benzene rings is 1. The molecule has 0 bridgehead atoms. The van der Waals surface area contributed by atoms with Crippen molar-refractivity contribution >= 4 is 22.0 Å². The van der Waals surface area contributed by atoms with Crippen LogP contribution < -0.4 is 10.1 Å². The Labute approximate surface area is 134 Å². The van der Waals surface area contributed by atoms with Crippen LogP contribution in [0, 0.1) is 0 Å². The lowest BCUT2D eigenvalue weighted by Gasteiger charge is -2.21. The minimum atomic E-state index is -3.65. The predicted octanol–water partition coefficient (Wildman–Crippen LogP) is 0.0100. The number of hydrogen-bond donors (Lipinski definition) is 1. The lowest BCUT2D eigenvalue weighted by Crippen LogP contribution is -2.42. The van der Waals surface area contributed by atoms with E-state index < -0.39 is 22.1 Å². The van der Waals surface area contributed by atoms with Gasteiger partial charge in [0.2, 0.25) is 15.9 Å². The van der Waals surface area contributed by atoms with Crippen molar-refractivity contribution in [2.24, 2.45) is 0 Å². The fraction of sp³-hybridized carbons (Fsp3) is 0.429. The van der Waals surface area contributed by atoms with Crippen LogP contribution in [0.5, 0.6) is 5.75 Å². The van der Waals surface area contributed by atoms with Crippen LogP contribution >= 0.6 is 0 Å². The van der Waals surface area contributed by atoms with E-state index in [2.05, 4.69) is 5.32 Å². The molecule has 23 heavy (non-hydrogen) atoms. The Morgan fingerprint density at radius 1 is 1.22 bits per heavy atom. The summed E-state index contributed by atoms with van der Waals surface area (Å²) in [4.78, 5) is 24.7. The van der Waals surface area contributed by atoms with Gasteiger partial charge in [-0.1, -0.05) is 0 Å². The maximum absolute atomic E-state index is 12.6. The highest BCUT2D eigenvalue weighted by atomic mass is 32.2. The van der Waals surface area contributed by atoms with Crippen LogP contribution in [0.1, 0.15) is 6.42 Å². The fourth-order valence-electron chi connectivity index (χ4n) is 2.84. The zero-order valence-electron chi connectivity index (χ0n) is 12.6. The Balaban J connectivity index is 1.77. The first-order valence-corrected chi connectivity index (χ1v) is 8.61. The summed E-state index contributed by atoms with van der Waals surface area (Å²) in [6.07, 6.45) is 0.439. The van der Waals surface area contributed by atoms with Crippen molar-refractivity contribution in [3.8, 4) is 5.75 Å². The van der Waals surface area contributed by atoms with Crippen LogP contribution in [-0.4, -0.2) is 62.3 Å². The summed E-state index contributed by atoms with van der Waals surface area (Å²) in [6.45, 7) is 0.365. The number of ether oxygens (including phenoxy) is 1. The van der Waals surface area contributed by atoms with Crippen molar-refractivity contribution in [1.29, 1.82) is 0 Å². The zero-order valence-corrected chi connectivity index (χ0v) is 13.4. The summed E-state index contributed by atoms with van der Waals surface area (Å²) < 4.78 is 31.6. The minimum Gasteiger partial charge on any atom is -0.497 e. The average Bonchev–Trinajstić information content (AvgIpc) is 3.14. The number of sulfonamides is 1. The molecule has 2 aliphatic heterocycles.